The Hall–Kier alpha value is -3.23. The first-order valence-electron chi connectivity index (χ1n) is 9.84. The first-order valence-corrected chi connectivity index (χ1v) is 10.6. The van der Waals surface area contributed by atoms with Gasteiger partial charge in [-0.05, 0) is 32.9 Å². The first-order chi connectivity index (χ1) is 15.2. The van der Waals surface area contributed by atoms with Crippen LogP contribution in [-0.4, -0.2) is 37.2 Å². The fourth-order valence-electron chi connectivity index (χ4n) is 3.34. The molecule has 0 bridgehead atoms. The van der Waals surface area contributed by atoms with E-state index in [1.54, 1.807) is 4.68 Å². The fourth-order valence-corrected chi connectivity index (χ4v) is 3.68. The molecule has 0 atom stereocenters. The molecule has 4 aromatic rings. The van der Waals surface area contributed by atoms with Gasteiger partial charge in [-0.2, -0.15) is 5.10 Å². The monoisotopic (exact) mass is 469 g/mol. The highest BCUT2D eigenvalue weighted by atomic mass is 35.5. The molecule has 8 nitrogen and oxygen atoms in total. The van der Waals surface area contributed by atoms with Crippen molar-refractivity contribution in [2.45, 2.75) is 26.3 Å². The summed E-state index contributed by atoms with van der Waals surface area (Å²) in [5.74, 6) is -0.0958. The Morgan fingerprint density at radius 3 is 2.56 bits per heavy atom. The Labute approximate surface area is 194 Å². The molecule has 0 saturated heterocycles. The molecule has 0 saturated carbocycles. The van der Waals surface area contributed by atoms with E-state index in [0.717, 1.165) is 11.1 Å². The summed E-state index contributed by atoms with van der Waals surface area (Å²) in [6.07, 6.45) is 1.40. The summed E-state index contributed by atoms with van der Waals surface area (Å²) >= 11 is 12.0. The highest BCUT2D eigenvalue weighted by molar-refractivity contribution is 6.34. The molecule has 164 valence electrons. The molecular weight excluding hydrogens is 449 g/mol. The predicted octanol–water partition coefficient (Wildman–Crippen LogP) is 4.25. The van der Waals surface area contributed by atoms with E-state index in [4.69, 9.17) is 34.0 Å². The number of halogens is 2. The summed E-state index contributed by atoms with van der Waals surface area (Å²) in [6, 6.07) is 11.0. The summed E-state index contributed by atoms with van der Waals surface area (Å²) in [5.41, 5.74) is 8.89. The Morgan fingerprint density at radius 1 is 1.12 bits per heavy atom. The Kier molecular flexibility index (Phi) is 5.75. The lowest BCUT2D eigenvalue weighted by Crippen LogP contribution is -2.41. The van der Waals surface area contributed by atoms with E-state index < -0.39 is 11.4 Å². The maximum Gasteiger partial charge on any atom is 0.271 e. The lowest BCUT2D eigenvalue weighted by molar-refractivity contribution is 0.0931. The van der Waals surface area contributed by atoms with Crippen LogP contribution in [0.25, 0.3) is 22.3 Å². The molecular formula is C22H21Cl2N7O. The van der Waals surface area contributed by atoms with E-state index in [-0.39, 0.29) is 22.4 Å². The molecule has 3 N–H and O–H groups in total. The molecule has 0 aliphatic rings. The average Bonchev–Trinajstić information content (AvgIpc) is 3.16. The smallest absolute Gasteiger partial charge is 0.271 e. The number of aromatic nitrogens is 5. The average molecular weight is 470 g/mol. The number of nitrogens with zero attached hydrogens (tertiary/aromatic N) is 5. The number of nitrogens with one attached hydrogen (secondary N) is 1. The molecule has 4 rings (SSSR count). The van der Waals surface area contributed by atoms with Crippen LogP contribution in [0.15, 0.2) is 42.7 Å². The van der Waals surface area contributed by atoms with Gasteiger partial charge in [0.25, 0.3) is 5.91 Å². The quantitative estimate of drug-likeness (QED) is 0.422. The number of anilines is 1. The van der Waals surface area contributed by atoms with E-state index in [2.05, 4.69) is 20.3 Å². The van der Waals surface area contributed by atoms with Crippen LogP contribution in [0.1, 0.15) is 29.9 Å². The molecule has 0 radical (unpaired) electrons. The van der Waals surface area contributed by atoms with Crippen molar-refractivity contribution < 1.29 is 4.79 Å². The third kappa shape index (κ3) is 4.11. The number of hydrogen-bond donors (Lipinski definition) is 2. The van der Waals surface area contributed by atoms with Crippen molar-refractivity contribution in [1.82, 2.24) is 30.0 Å². The number of nitrogens with two attached hydrogens (primary N) is 1. The number of amides is 1. The highest BCUT2D eigenvalue weighted by Gasteiger charge is 2.29. The molecule has 0 fully saturated rings. The Balaban J connectivity index is 1.70. The lowest BCUT2D eigenvalue weighted by atomic mass is 10.1. The van der Waals surface area contributed by atoms with Crippen LogP contribution in [-0.2, 0) is 5.54 Å². The minimum atomic E-state index is -0.664. The van der Waals surface area contributed by atoms with Crippen molar-refractivity contribution in [2.75, 3.05) is 12.3 Å². The maximum atomic E-state index is 12.7. The van der Waals surface area contributed by atoms with Gasteiger partial charge in [0.05, 0.1) is 15.9 Å². The normalized spacial score (nSPS) is 11.7. The van der Waals surface area contributed by atoms with Gasteiger partial charge in [-0.25, -0.2) is 19.6 Å². The van der Waals surface area contributed by atoms with Crippen LogP contribution in [0, 0.1) is 6.92 Å². The third-order valence-corrected chi connectivity index (χ3v) is 5.62. The zero-order valence-corrected chi connectivity index (χ0v) is 19.2. The topological polar surface area (TPSA) is 112 Å². The van der Waals surface area contributed by atoms with Crippen LogP contribution in [0.3, 0.4) is 0 Å². The zero-order valence-electron chi connectivity index (χ0n) is 17.7. The summed E-state index contributed by atoms with van der Waals surface area (Å²) in [5, 5.41) is 8.75. The third-order valence-electron chi connectivity index (χ3n) is 5.10. The Bertz CT molecular complexity index is 1320. The Morgan fingerprint density at radius 2 is 1.84 bits per heavy atom. The molecule has 0 unspecified atom stereocenters. The summed E-state index contributed by atoms with van der Waals surface area (Å²) in [6.45, 7) is 6.11. The van der Waals surface area contributed by atoms with Gasteiger partial charge in [0.15, 0.2) is 5.65 Å². The molecule has 1 amide bonds. The van der Waals surface area contributed by atoms with Gasteiger partial charge in [-0.15, -0.1) is 0 Å². The van der Waals surface area contributed by atoms with Crippen molar-refractivity contribution in [1.29, 1.82) is 0 Å². The van der Waals surface area contributed by atoms with Crippen LogP contribution in [0.4, 0.5) is 5.82 Å². The van der Waals surface area contributed by atoms with Crippen LogP contribution in [0.5, 0.6) is 0 Å². The molecule has 1 aromatic carbocycles. The van der Waals surface area contributed by atoms with Crippen molar-refractivity contribution in [3.63, 3.8) is 0 Å². The van der Waals surface area contributed by atoms with Gasteiger partial charge in [-0.3, -0.25) is 4.79 Å². The maximum absolute atomic E-state index is 12.7. The summed E-state index contributed by atoms with van der Waals surface area (Å²) in [4.78, 5) is 25.3. The van der Waals surface area contributed by atoms with E-state index in [9.17, 15) is 4.79 Å². The van der Waals surface area contributed by atoms with Gasteiger partial charge >= 0.3 is 0 Å². The molecule has 0 aliphatic heterocycles. The number of rotatable bonds is 5. The van der Waals surface area contributed by atoms with E-state index in [1.165, 1.54) is 18.5 Å². The van der Waals surface area contributed by atoms with Gasteiger partial charge in [0.1, 0.15) is 28.7 Å². The molecule has 3 aromatic heterocycles. The molecule has 0 spiro atoms. The largest absolute Gasteiger partial charge is 0.383 e. The van der Waals surface area contributed by atoms with Crippen molar-refractivity contribution in [2.24, 2.45) is 0 Å². The molecule has 32 heavy (non-hydrogen) atoms. The second-order valence-corrected chi connectivity index (χ2v) is 8.84. The van der Waals surface area contributed by atoms with Crippen LogP contribution < -0.4 is 11.1 Å². The highest BCUT2D eigenvalue weighted by Crippen LogP contribution is 2.33. The minimum Gasteiger partial charge on any atom is -0.383 e. The predicted molar refractivity (Wildman–Crippen MR) is 126 cm³/mol. The number of nitrogen functional groups attached to an aromatic ring is 1. The van der Waals surface area contributed by atoms with Crippen molar-refractivity contribution in [3.05, 3.63) is 64.2 Å². The number of carbonyl (C=O) groups is 1. The van der Waals surface area contributed by atoms with Gasteiger partial charge in [0.2, 0.25) is 0 Å². The van der Waals surface area contributed by atoms with E-state index in [1.807, 2.05) is 45.0 Å². The number of fused-ring (bicyclic) bond motifs is 1. The standard InChI is InChI=1S/C22H21Cl2N7O/c1-12-4-6-13(7-5-12)17-16-19(25)27-11-28-20(16)31(30-17)22(2,3)10-26-21(32)18-14(23)8-9-15(24)29-18/h4-9,11H,10H2,1-3H3,(H,26,32)(H2,25,27,28). The number of carbonyl (C=O) groups excluding carboxylic acids is 1. The first kappa shape index (κ1) is 22.0. The second kappa shape index (κ2) is 8.37. The number of benzene rings is 1. The molecule has 10 heteroatoms. The summed E-state index contributed by atoms with van der Waals surface area (Å²) in [7, 11) is 0. The van der Waals surface area contributed by atoms with Gasteiger partial charge in [-0.1, -0.05) is 53.0 Å². The van der Waals surface area contributed by atoms with Crippen LogP contribution in [0.2, 0.25) is 10.2 Å². The number of pyridine rings is 1. The lowest BCUT2D eigenvalue weighted by Gasteiger charge is -2.26. The fraction of sp³-hybridized carbons (Fsp3) is 0.227. The minimum absolute atomic E-state index is 0.0622. The van der Waals surface area contributed by atoms with Gasteiger partial charge < -0.3 is 11.1 Å². The van der Waals surface area contributed by atoms with Gasteiger partial charge in [0, 0.05) is 12.1 Å². The number of aryl methyl sites for hydroxylation is 1. The second-order valence-electron chi connectivity index (χ2n) is 8.04. The molecule has 0 aliphatic carbocycles. The van der Waals surface area contributed by atoms with E-state index in [0.29, 0.717) is 22.5 Å². The van der Waals surface area contributed by atoms with Crippen molar-refractivity contribution >= 4 is 46.0 Å². The van der Waals surface area contributed by atoms with E-state index >= 15 is 0 Å². The summed E-state index contributed by atoms with van der Waals surface area (Å²) < 4.78 is 1.75. The SMILES string of the molecule is Cc1ccc(-c2nn(C(C)(C)CNC(=O)c3nc(Cl)ccc3Cl)c3ncnc(N)c23)cc1. The zero-order chi connectivity index (χ0) is 23.0. The molecule has 3 heterocycles. The van der Waals surface area contributed by atoms with Crippen molar-refractivity contribution in [3.8, 4) is 11.3 Å². The van der Waals surface area contributed by atoms with Crippen LogP contribution >= 0.6 is 23.2 Å². The number of hydrogen-bond acceptors (Lipinski definition) is 6.